The van der Waals surface area contributed by atoms with Gasteiger partial charge in [-0.1, -0.05) is 24.3 Å². The topological polar surface area (TPSA) is 9.23 Å². The van der Waals surface area contributed by atoms with Gasteiger partial charge in [-0.3, -0.25) is 0 Å². The summed E-state index contributed by atoms with van der Waals surface area (Å²) >= 11 is 1.45. The highest BCUT2D eigenvalue weighted by Gasteiger charge is 2.05. The summed E-state index contributed by atoms with van der Waals surface area (Å²) in [6, 6.07) is 14.0. The summed E-state index contributed by atoms with van der Waals surface area (Å²) in [7, 11) is 0. The van der Waals surface area contributed by atoms with Crippen LogP contribution in [-0.4, -0.2) is 0 Å². The van der Waals surface area contributed by atoms with Gasteiger partial charge in [-0.05, 0) is 29.8 Å². The van der Waals surface area contributed by atoms with Gasteiger partial charge in [-0.25, -0.2) is 4.39 Å². The Bertz CT molecular complexity index is 485. The van der Waals surface area contributed by atoms with E-state index in [9.17, 15) is 4.39 Å². The van der Waals surface area contributed by atoms with E-state index in [1.807, 2.05) is 18.2 Å². The minimum absolute atomic E-state index is 0.253. The van der Waals surface area contributed by atoms with E-state index in [0.29, 0.717) is 5.75 Å². The lowest BCUT2D eigenvalue weighted by Gasteiger charge is -2.08. The summed E-state index contributed by atoms with van der Waals surface area (Å²) in [5.74, 6) is 1.27. The monoisotopic (exact) mass is 247 g/mol. The molecule has 1 radical (unpaired) electrons. The van der Waals surface area contributed by atoms with Crippen molar-refractivity contribution < 1.29 is 9.13 Å². The van der Waals surface area contributed by atoms with Crippen molar-refractivity contribution in [1.29, 1.82) is 0 Å². The molecule has 0 fully saturated rings. The van der Waals surface area contributed by atoms with E-state index < -0.39 is 0 Å². The number of halogens is 1. The van der Waals surface area contributed by atoms with E-state index in [2.05, 4.69) is 6.26 Å². The lowest BCUT2D eigenvalue weighted by molar-refractivity contribution is 0.442. The highest BCUT2D eigenvalue weighted by molar-refractivity contribution is 7.99. The van der Waals surface area contributed by atoms with Crippen LogP contribution < -0.4 is 4.74 Å². The molecule has 0 N–H and O–H groups in total. The maximum absolute atomic E-state index is 13.5. The van der Waals surface area contributed by atoms with Gasteiger partial charge in [0.2, 0.25) is 0 Å². The average molecular weight is 247 g/mol. The Morgan fingerprint density at radius 3 is 2.59 bits per heavy atom. The van der Waals surface area contributed by atoms with Gasteiger partial charge in [-0.15, -0.1) is 0 Å². The van der Waals surface area contributed by atoms with E-state index in [1.165, 1.54) is 17.8 Å². The van der Waals surface area contributed by atoms with E-state index in [1.54, 1.807) is 24.3 Å². The van der Waals surface area contributed by atoms with Crippen molar-refractivity contribution in [2.45, 2.75) is 5.75 Å². The Kier molecular flexibility index (Phi) is 4.04. The molecule has 0 heterocycles. The molecule has 2 rings (SSSR count). The molecule has 0 aromatic heterocycles. The molecule has 0 bridgehead atoms. The Labute approximate surface area is 105 Å². The second-order valence-electron chi connectivity index (χ2n) is 3.53. The van der Waals surface area contributed by atoms with Crippen LogP contribution in [0.3, 0.4) is 0 Å². The van der Waals surface area contributed by atoms with Crippen molar-refractivity contribution in [2.75, 3.05) is 0 Å². The Morgan fingerprint density at radius 2 is 1.88 bits per heavy atom. The summed E-state index contributed by atoms with van der Waals surface area (Å²) in [6.45, 7) is 0. The van der Waals surface area contributed by atoms with Crippen LogP contribution in [0, 0.1) is 12.1 Å². The molecule has 0 unspecified atom stereocenters. The van der Waals surface area contributed by atoms with Gasteiger partial charge in [0.25, 0.3) is 0 Å². The summed E-state index contributed by atoms with van der Waals surface area (Å²) in [5.41, 5.74) is 0.998. The molecule has 0 amide bonds. The zero-order chi connectivity index (χ0) is 12.1. The predicted molar refractivity (Wildman–Crippen MR) is 69.6 cm³/mol. The van der Waals surface area contributed by atoms with Gasteiger partial charge in [0.15, 0.2) is 11.6 Å². The number of para-hydroxylation sites is 1. The minimum Gasteiger partial charge on any atom is -0.454 e. The van der Waals surface area contributed by atoms with Crippen molar-refractivity contribution in [2.24, 2.45) is 0 Å². The van der Waals surface area contributed by atoms with Crippen LogP contribution in [0.1, 0.15) is 5.56 Å². The fraction of sp³-hybridized carbons (Fsp3) is 0.0714. The molecule has 0 saturated carbocycles. The SMILES string of the molecule is [CH2]SCc1ccc(F)c(Oc2ccccc2)c1. The smallest absolute Gasteiger partial charge is 0.165 e. The number of ether oxygens (including phenoxy) is 1. The predicted octanol–water partition coefficient (Wildman–Crippen LogP) is 4.64. The van der Waals surface area contributed by atoms with Crippen LogP contribution >= 0.6 is 11.8 Å². The van der Waals surface area contributed by atoms with Crippen LogP contribution in [0.5, 0.6) is 11.5 Å². The summed E-state index contributed by atoms with van der Waals surface area (Å²) in [4.78, 5) is 0. The molecule has 87 valence electrons. The Morgan fingerprint density at radius 1 is 1.12 bits per heavy atom. The van der Waals surface area contributed by atoms with Gasteiger partial charge in [0.05, 0.1) is 0 Å². The van der Waals surface area contributed by atoms with Crippen LogP contribution in [0.2, 0.25) is 0 Å². The fourth-order valence-electron chi connectivity index (χ4n) is 1.45. The van der Waals surface area contributed by atoms with E-state index in [4.69, 9.17) is 4.74 Å². The highest BCUT2D eigenvalue weighted by atomic mass is 32.2. The molecule has 1 nitrogen and oxygen atoms in total. The first-order valence-electron chi connectivity index (χ1n) is 5.18. The van der Waals surface area contributed by atoms with Gasteiger partial charge in [0, 0.05) is 12.0 Å². The van der Waals surface area contributed by atoms with Gasteiger partial charge < -0.3 is 4.74 Å². The largest absolute Gasteiger partial charge is 0.454 e. The van der Waals surface area contributed by atoms with Crippen molar-refractivity contribution in [3.05, 3.63) is 66.2 Å². The molecular formula is C14H12FOS. The number of rotatable bonds is 4. The van der Waals surface area contributed by atoms with Gasteiger partial charge in [-0.2, -0.15) is 11.8 Å². The summed E-state index contributed by atoms with van der Waals surface area (Å²) in [6.07, 6.45) is 3.70. The molecule has 3 heteroatoms. The second kappa shape index (κ2) is 5.73. The molecular weight excluding hydrogens is 235 g/mol. The molecule has 0 aliphatic heterocycles. The summed E-state index contributed by atoms with van der Waals surface area (Å²) in [5, 5.41) is 0. The standard InChI is InChI=1S/C14H12FOS/c1-17-10-11-7-8-13(15)14(9-11)16-12-5-3-2-4-6-12/h2-9H,1,10H2. The van der Waals surface area contributed by atoms with Gasteiger partial charge >= 0.3 is 0 Å². The van der Waals surface area contributed by atoms with Crippen molar-refractivity contribution in [3.8, 4) is 11.5 Å². The number of benzene rings is 2. The molecule has 0 aliphatic carbocycles. The van der Waals surface area contributed by atoms with Crippen molar-refractivity contribution >= 4 is 11.8 Å². The molecule has 0 atom stereocenters. The molecule has 2 aromatic carbocycles. The molecule has 2 aromatic rings. The number of hydrogen-bond acceptors (Lipinski definition) is 2. The van der Waals surface area contributed by atoms with Crippen LogP contribution in [0.25, 0.3) is 0 Å². The van der Waals surface area contributed by atoms with Gasteiger partial charge in [0.1, 0.15) is 5.75 Å². The Hall–Kier alpha value is -1.48. The second-order valence-corrected chi connectivity index (χ2v) is 4.23. The first-order valence-corrected chi connectivity index (χ1v) is 6.33. The lowest BCUT2D eigenvalue weighted by Crippen LogP contribution is -1.90. The van der Waals surface area contributed by atoms with Crippen molar-refractivity contribution in [1.82, 2.24) is 0 Å². The lowest BCUT2D eigenvalue weighted by atomic mass is 10.2. The zero-order valence-electron chi connectivity index (χ0n) is 9.23. The minimum atomic E-state index is -0.355. The molecule has 0 aliphatic rings. The number of thioether (sulfide) groups is 1. The van der Waals surface area contributed by atoms with Crippen LogP contribution in [0.15, 0.2) is 48.5 Å². The highest BCUT2D eigenvalue weighted by Crippen LogP contribution is 2.26. The third kappa shape index (κ3) is 3.24. The first kappa shape index (κ1) is 12.0. The number of hydrogen-bond donors (Lipinski definition) is 0. The van der Waals surface area contributed by atoms with Crippen LogP contribution in [-0.2, 0) is 5.75 Å². The average Bonchev–Trinajstić information content (AvgIpc) is 2.35. The molecule has 0 saturated heterocycles. The van der Waals surface area contributed by atoms with E-state index in [0.717, 1.165) is 11.3 Å². The Balaban J connectivity index is 2.22. The third-order valence-electron chi connectivity index (χ3n) is 2.24. The zero-order valence-corrected chi connectivity index (χ0v) is 10.0. The van der Waals surface area contributed by atoms with Crippen molar-refractivity contribution in [3.63, 3.8) is 0 Å². The normalized spacial score (nSPS) is 10.2. The third-order valence-corrected chi connectivity index (χ3v) is 2.77. The summed E-state index contributed by atoms with van der Waals surface area (Å²) < 4.78 is 19.0. The maximum Gasteiger partial charge on any atom is 0.165 e. The first-order chi connectivity index (χ1) is 8.29. The molecule has 17 heavy (non-hydrogen) atoms. The van der Waals surface area contributed by atoms with Crippen LogP contribution in [0.4, 0.5) is 4.39 Å². The quantitative estimate of drug-likeness (QED) is 0.778. The maximum atomic E-state index is 13.5. The molecule has 0 spiro atoms. The fourth-order valence-corrected chi connectivity index (χ4v) is 1.86. The van der Waals surface area contributed by atoms with E-state index in [-0.39, 0.29) is 11.6 Å². The van der Waals surface area contributed by atoms with E-state index >= 15 is 0 Å².